The summed E-state index contributed by atoms with van der Waals surface area (Å²) in [5.41, 5.74) is 6.84. The van der Waals surface area contributed by atoms with Gasteiger partial charge in [-0.25, -0.2) is 14.4 Å². The third-order valence-corrected chi connectivity index (χ3v) is 2.85. The highest BCUT2D eigenvalue weighted by Gasteiger charge is 2.15. The number of anilines is 4. The first-order valence-corrected chi connectivity index (χ1v) is 6.75. The maximum atomic E-state index is 13.1. The second-order valence-corrected chi connectivity index (χ2v) is 6.02. The Balaban J connectivity index is 2.28. The number of benzene rings is 1. The lowest BCUT2D eigenvalue weighted by Gasteiger charge is -2.22. The summed E-state index contributed by atoms with van der Waals surface area (Å²) >= 11 is 5.75. The molecule has 0 atom stereocenters. The summed E-state index contributed by atoms with van der Waals surface area (Å²) in [7, 11) is 0. The SMILES string of the molecule is CC(C)(C)Nc1ncnc(Nc2ccc(F)c(Cl)c2)c1N. The predicted octanol–water partition coefficient (Wildman–Crippen LogP) is 3.81. The van der Waals surface area contributed by atoms with Gasteiger partial charge in [0.25, 0.3) is 0 Å². The van der Waals surface area contributed by atoms with Crippen LogP contribution in [0.1, 0.15) is 20.8 Å². The Morgan fingerprint density at radius 1 is 1.19 bits per heavy atom. The molecule has 7 heteroatoms. The van der Waals surface area contributed by atoms with E-state index in [9.17, 15) is 4.39 Å². The normalized spacial score (nSPS) is 11.3. The van der Waals surface area contributed by atoms with Crippen LogP contribution in [0.25, 0.3) is 0 Å². The van der Waals surface area contributed by atoms with Gasteiger partial charge in [0.1, 0.15) is 17.8 Å². The molecule has 0 unspecified atom stereocenters. The van der Waals surface area contributed by atoms with Gasteiger partial charge in [-0.3, -0.25) is 0 Å². The molecule has 0 aliphatic heterocycles. The molecule has 0 spiro atoms. The van der Waals surface area contributed by atoms with Crippen molar-refractivity contribution in [2.75, 3.05) is 16.4 Å². The van der Waals surface area contributed by atoms with Gasteiger partial charge in [0.2, 0.25) is 0 Å². The van der Waals surface area contributed by atoms with Crippen LogP contribution in [-0.2, 0) is 0 Å². The van der Waals surface area contributed by atoms with Crippen molar-refractivity contribution >= 4 is 34.6 Å². The number of nitrogen functional groups attached to an aromatic ring is 1. The third-order valence-electron chi connectivity index (χ3n) is 2.56. The molecule has 5 nitrogen and oxygen atoms in total. The van der Waals surface area contributed by atoms with Gasteiger partial charge in [-0.05, 0) is 39.0 Å². The highest BCUT2D eigenvalue weighted by atomic mass is 35.5. The molecule has 112 valence electrons. The van der Waals surface area contributed by atoms with E-state index < -0.39 is 5.82 Å². The maximum absolute atomic E-state index is 13.1. The first-order valence-electron chi connectivity index (χ1n) is 6.37. The fraction of sp³-hybridized carbons (Fsp3) is 0.286. The van der Waals surface area contributed by atoms with Crippen LogP contribution in [-0.4, -0.2) is 15.5 Å². The monoisotopic (exact) mass is 309 g/mol. The lowest BCUT2D eigenvalue weighted by molar-refractivity contribution is 0.628. The quantitative estimate of drug-likeness (QED) is 0.804. The lowest BCUT2D eigenvalue weighted by Crippen LogP contribution is -2.27. The number of aromatic nitrogens is 2. The summed E-state index contributed by atoms with van der Waals surface area (Å²) in [5, 5.41) is 6.22. The zero-order valence-electron chi connectivity index (χ0n) is 12.0. The van der Waals surface area contributed by atoms with Gasteiger partial charge in [0.05, 0.1) is 5.02 Å². The largest absolute Gasteiger partial charge is 0.393 e. The Kier molecular flexibility index (Phi) is 4.18. The van der Waals surface area contributed by atoms with Crippen molar-refractivity contribution in [2.45, 2.75) is 26.3 Å². The predicted molar refractivity (Wildman–Crippen MR) is 84.5 cm³/mol. The summed E-state index contributed by atoms with van der Waals surface area (Å²) in [5.74, 6) is 0.487. The van der Waals surface area contributed by atoms with E-state index in [0.29, 0.717) is 23.0 Å². The molecule has 0 aliphatic rings. The Bertz CT molecular complexity index is 654. The number of nitrogens with one attached hydrogen (secondary N) is 2. The van der Waals surface area contributed by atoms with E-state index in [1.165, 1.54) is 18.5 Å². The second-order valence-electron chi connectivity index (χ2n) is 5.61. The average Bonchev–Trinajstić information content (AvgIpc) is 2.37. The van der Waals surface area contributed by atoms with Crippen LogP contribution in [0, 0.1) is 5.82 Å². The number of nitrogens with two attached hydrogens (primary N) is 1. The summed E-state index contributed by atoms with van der Waals surface area (Å²) in [6.07, 6.45) is 1.40. The molecule has 0 aliphatic carbocycles. The molecule has 0 fully saturated rings. The highest BCUT2D eigenvalue weighted by molar-refractivity contribution is 6.31. The zero-order chi connectivity index (χ0) is 15.6. The van der Waals surface area contributed by atoms with Gasteiger partial charge >= 0.3 is 0 Å². The Morgan fingerprint density at radius 2 is 1.86 bits per heavy atom. The van der Waals surface area contributed by atoms with E-state index in [-0.39, 0.29) is 10.6 Å². The molecule has 21 heavy (non-hydrogen) atoms. The fourth-order valence-corrected chi connectivity index (χ4v) is 1.84. The molecule has 4 N–H and O–H groups in total. The Labute approximate surface area is 127 Å². The molecule has 2 aromatic rings. The van der Waals surface area contributed by atoms with Crippen molar-refractivity contribution in [3.63, 3.8) is 0 Å². The molecule has 0 radical (unpaired) electrons. The summed E-state index contributed by atoms with van der Waals surface area (Å²) in [6.45, 7) is 6.00. The van der Waals surface area contributed by atoms with Gasteiger partial charge in [-0.2, -0.15) is 0 Å². The van der Waals surface area contributed by atoms with E-state index in [4.69, 9.17) is 17.3 Å². The smallest absolute Gasteiger partial charge is 0.159 e. The zero-order valence-corrected chi connectivity index (χ0v) is 12.8. The van der Waals surface area contributed by atoms with Crippen LogP contribution in [0.15, 0.2) is 24.5 Å². The summed E-state index contributed by atoms with van der Waals surface area (Å²) < 4.78 is 13.1. The topological polar surface area (TPSA) is 75.9 Å². The second kappa shape index (κ2) is 5.73. The van der Waals surface area contributed by atoms with Gasteiger partial charge in [0.15, 0.2) is 11.6 Å². The number of hydrogen-bond donors (Lipinski definition) is 3. The minimum atomic E-state index is -0.479. The third kappa shape index (κ3) is 3.95. The van der Waals surface area contributed by atoms with Crippen LogP contribution < -0.4 is 16.4 Å². The van der Waals surface area contributed by atoms with E-state index in [2.05, 4.69) is 20.6 Å². The van der Waals surface area contributed by atoms with Crippen LogP contribution in [0.4, 0.5) is 27.4 Å². The molecule has 1 aromatic carbocycles. The average molecular weight is 310 g/mol. The number of nitrogens with zero attached hydrogens (tertiary/aromatic N) is 2. The minimum absolute atomic E-state index is 0.0284. The Morgan fingerprint density at radius 3 is 2.48 bits per heavy atom. The molecular weight excluding hydrogens is 293 g/mol. The van der Waals surface area contributed by atoms with Gasteiger partial charge in [-0.1, -0.05) is 11.6 Å². The number of rotatable bonds is 3. The van der Waals surface area contributed by atoms with Crippen LogP contribution in [0.5, 0.6) is 0 Å². The molecule has 0 saturated heterocycles. The van der Waals surface area contributed by atoms with Crippen molar-refractivity contribution in [2.24, 2.45) is 0 Å². The van der Waals surface area contributed by atoms with Gasteiger partial charge < -0.3 is 16.4 Å². The molecule has 1 aromatic heterocycles. The van der Waals surface area contributed by atoms with Crippen LogP contribution in [0.3, 0.4) is 0 Å². The molecule has 1 heterocycles. The molecule has 2 rings (SSSR count). The van der Waals surface area contributed by atoms with Crippen molar-refractivity contribution in [1.29, 1.82) is 0 Å². The minimum Gasteiger partial charge on any atom is -0.393 e. The highest BCUT2D eigenvalue weighted by Crippen LogP contribution is 2.29. The first kappa shape index (κ1) is 15.3. The summed E-state index contributed by atoms with van der Waals surface area (Å²) in [4.78, 5) is 8.22. The number of halogens is 2. The molecule has 0 bridgehead atoms. The first-order chi connectivity index (χ1) is 9.76. The van der Waals surface area contributed by atoms with E-state index in [1.54, 1.807) is 6.07 Å². The van der Waals surface area contributed by atoms with Crippen molar-refractivity contribution in [3.05, 3.63) is 35.4 Å². The van der Waals surface area contributed by atoms with Crippen molar-refractivity contribution in [1.82, 2.24) is 9.97 Å². The Hall–Kier alpha value is -2.08. The van der Waals surface area contributed by atoms with E-state index in [0.717, 1.165) is 0 Å². The van der Waals surface area contributed by atoms with Gasteiger partial charge in [-0.15, -0.1) is 0 Å². The van der Waals surface area contributed by atoms with E-state index in [1.807, 2.05) is 20.8 Å². The molecule has 0 saturated carbocycles. The molecular formula is C14H17ClFN5. The van der Waals surface area contributed by atoms with Crippen molar-refractivity contribution < 1.29 is 4.39 Å². The van der Waals surface area contributed by atoms with Crippen molar-refractivity contribution in [3.8, 4) is 0 Å². The standard InChI is InChI=1S/C14H17ClFN5/c1-14(2,3)21-13-11(17)12(18-7-19-13)20-8-4-5-10(16)9(15)6-8/h4-7H,17H2,1-3H3,(H2,18,19,20,21). The van der Waals surface area contributed by atoms with Crippen LogP contribution in [0.2, 0.25) is 5.02 Å². The molecule has 0 amide bonds. The van der Waals surface area contributed by atoms with E-state index >= 15 is 0 Å². The van der Waals surface area contributed by atoms with Gasteiger partial charge in [0, 0.05) is 11.2 Å². The van der Waals surface area contributed by atoms with Crippen LogP contribution >= 0.6 is 11.6 Å². The fourth-order valence-electron chi connectivity index (χ4n) is 1.66. The maximum Gasteiger partial charge on any atom is 0.159 e. The number of hydrogen-bond acceptors (Lipinski definition) is 5. The lowest BCUT2D eigenvalue weighted by atomic mass is 10.1. The summed E-state index contributed by atoms with van der Waals surface area (Å²) in [6, 6.07) is 4.30.